The predicted octanol–water partition coefficient (Wildman–Crippen LogP) is 2.42. The molecule has 0 spiro atoms. The number of carbonyl (C=O) groups excluding carboxylic acids is 1. The average Bonchev–Trinajstić information content (AvgIpc) is 2.30. The molecule has 2 rings (SSSR count). The Balaban J connectivity index is 0.000000606. The molecule has 0 radical (unpaired) electrons. The van der Waals surface area contributed by atoms with E-state index in [0.717, 1.165) is 25.8 Å². The normalized spacial score (nSPS) is 24.6. The van der Waals surface area contributed by atoms with Crippen molar-refractivity contribution in [2.75, 3.05) is 13.6 Å². The second-order valence-electron chi connectivity index (χ2n) is 4.15. The van der Waals surface area contributed by atoms with E-state index in [1.807, 2.05) is 27.1 Å². The Labute approximate surface area is 98.2 Å². The van der Waals surface area contributed by atoms with Gasteiger partial charge in [0.2, 0.25) is 0 Å². The summed E-state index contributed by atoms with van der Waals surface area (Å²) in [6.07, 6.45) is 5.00. The van der Waals surface area contributed by atoms with Gasteiger partial charge in [-0.25, -0.2) is 0 Å². The van der Waals surface area contributed by atoms with Gasteiger partial charge in [0, 0.05) is 12.8 Å². The zero-order chi connectivity index (χ0) is 12.1. The number of carbonyl (C=O) groups is 1. The Kier molecular flexibility index (Phi) is 4.87. The van der Waals surface area contributed by atoms with Crippen LogP contribution in [-0.2, 0) is 4.79 Å². The van der Waals surface area contributed by atoms with E-state index >= 15 is 0 Å². The molecule has 0 saturated heterocycles. The van der Waals surface area contributed by atoms with Crippen molar-refractivity contribution in [3.63, 3.8) is 0 Å². The van der Waals surface area contributed by atoms with Crippen LogP contribution in [-0.4, -0.2) is 36.5 Å². The van der Waals surface area contributed by atoms with Gasteiger partial charge in [-0.15, -0.1) is 0 Å². The second kappa shape index (κ2) is 5.94. The van der Waals surface area contributed by atoms with Crippen LogP contribution in [0.25, 0.3) is 0 Å². The Morgan fingerprint density at radius 3 is 2.81 bits per heavy atom. The molecule has 0 aromatic rings. The number of likely N-dealkylation sites (N-methyl/N-ethyl adjacent to an activating group) is 1. The fraction of sp³-hybridized carbons (Fsp3) is 0.692. The third-order valence-corrected chi connectivity index (χ3v) is 3.07. The van der Waals surface area contributed by atoms with Gasteiger partial charge in [-0.1, -0.05) is 13.8 Å². The largest absolute Gasteiger partial charge is 0.298 e. The van der Waals surface area contributed by atoms with E-state index in [4.69, 9.17) is 0 Å². The first-order valence-corrected chi connectivity index (χ1v) is 6.12. The lowest BCUT2D eigenvalue weighted by molar-refractivity contribution is -0.121. The minimum absolute atomic E-state index is 0.0852. The van der Waals surface area contributed by atoms with Crippen LogP contribution in [0.2, 0.25) is 0 Å². The minimum Gasteiger partial charge on any atom is -0.298 e. The fourth-order valence-electron chi connectivity index (χ4n) is 2.21. The number of nitrogens with zero attached hydrogens (tertiary/aromatic N) is 2. The predicted molar refractivity (Wildman–Crippen MR) is 67.8 cm³/mol. The Morgan fingerprint density at radius 2 is 2.19 bits per heavy atom. The van der Waals surface area contributed by atoms with E-state index in [0.29, 0.717) is 0 Å². The van der Waals surface area contributed by atoms with Crippen LogP contribution < -0.4 is 0 Å². The summed E-state index contributed by atoms with van der Waals surface area (Å²) < 4.78 is 0. The van der Waals surface area contributed by atoms with Gasteiger partial charge in [0.15, 0.2) is 0 Å². The third kappa shape index (κ3) is 2.79. The number of Topliss-reactive ketones (excluding diaryl/α,β-unsaturated/α-hetero) is 1. The van der Waals surface area contributed by atoms with Gasteiger partial charge in [-0.2, -0.15) is 0 Å². The molecule has 3 heteroatoms. The van der Waals surface area contributed by atoms with Crippen molar-refractivity contribution >= 4 is 12.0 Å². The van der Waals surface area contributed by atoms with Crippen molar-refractivity contribution in [1.82, 2.24) is 4.90 Å². The smallest absolute Gasteiger partial charge is 0.147 e. The van der Waals surface area contributed by atoms with E-state index in [9.17, 15) is 4.79 Å². The first kappa shape index (κ1) is 13.1. The van der Waals surface area contributed by atoms with Gasteiger partial charge < -0.3 is 0 Å². The lowest BCUT2D eigenvalue weighted by Gasteiger charge is -2.33. The molecule has 0 aromatic carbocycles. The monoisotopic (exact) mass is 222 g/mol. The van der Waals surface area contributed by atoms with E-state index in [1.165, 1.54) is 11.3 Å². The number of aliphatic imine (C=N–C) groups is 1. The summed E-state index contributed by atoms with van der Waals surface area (Å²) in [7, 11) is 2.00. The highest BCUT2D eigenvalue weighted by atomic mass is 16.1. The molecule has 16 heavy (non-hydrogen) atoms. The molecular weight excluding hydrogens is 200 g/mol. The third-order valence-electron chi connectivity index (χ3n) is 3.07. The van der Waals surface area contributed by atoms with E-state index in [-0.39, 0.29) is 11.8 Å². The maximum Gasteiger partial charge on any atom is 0.147 e. The molecule has 0 amide bonds. The quantitative estimate of drug-likeness (QED) is 0.682. The summed E-state index contributed by atoms with van der Waals surface area (Å²) in [5, 5.41) is 0. The molecule has 0 bridgehead atoms. The SMILES string of the molecule is CC.CC(=O)C1CC2=C(CN1C)N=CCC2. The maximum atomic E-state index is 11.4. The van der Waals surface area contributed by atoms with Gasteiger partial charge in [0.05, 0.1) is 11.7 Å². The molecule has 2 aliphatic heterocycles. The van der Waals surface area contributed by atoms with Crippen LogP contribution in [0.4, 0.5) is 0 Å². The Bertz CT molecular complexity index is 318. The summed E-state index contributed by atoms with van der Waals surface area (Å²) >= 11 is 0. The van der Waals surface area contributed by atoms with E-state index < -0.39 is 0 Å². The van der Waals surface area contributed by atoms with Crippen LogP contribution in [0.1, 0.15) is 40.0 Å². The molecule has 0 fully saturated rings. The summed E-state index contributed by atoms with van der Waals surface area (Å²) in [5.41, 5.74) is 2.59. The number of rotatable bonds is 1. The van der Waals surface area contributed by atoms with Crippen molar-refractivity contribution in [3.05, 3.63) is 11.3 Å². The van der Waals surface area contributed by atoms with E-state index in [1.54, 1.807) is 6.92 Å². The maximum absolute atomic E-state index is 11.4. The van der Waals surface area contributed by atoms with Gasteiger partial charge >= 0.3 is 0 Å². The molecule has 0 saturated carbocycles. The fourth-order valence-corrected chi connectivity index (χ4v) is 2.21. The summed E-state index contributed by atoms with van der Waals surface area (Å²) in [6.45, 7) is 6.51. The van der Waals surface area contributed by atoms with Crippen molar-refractivity contribution in [2.24, 2.45) is 4.99 Å². The molecular formula is C13H22N2O. The van der Waals surface area contributed by atoms with Gasteiger partial charge in [-0.3, -0.25) is 14.7 Å². The highest BCUT2D eigenvalue weighted by molar-refractivity contribution is 5.82. The van der Waals surface area contributed by atoms with Gasteiger partial charge in [0.1, 0.15) is 5.78 Å². The van der Waals surface area contributed by atoms with Crippen LogP contribution >= 0.6 is 0 Å². The Hall–Kier alpha value is -0.960. The van der Waals surface area contributed by atoms with Crippen LogP contribution in [0.15, 0.2) is 16.3 Å². The molecule has 0 aliphatic carbocycles. The standard InChI is InChI=1S/C11H16N2O.C2H6/c1-8(14)11-6-9-4-3-5-12-10(9)7-13(11)2;1-2/h5,11H,3-4,6-7H2,1-2H3;1-2H3. The van der Waals surface area contributed by atoms with Crippen molar-refractivity contribution in [1.29, 1.82) is 0 Å². The second-order valence-corrected chi connectivity index (χ2v) is 4.15. The summed E-state index contributed by atoms with van der Waals surface area (Å²) in [5.74, 6) is 0.272. The number of hydrogen-bond acceptors (Lipinski definition) is 3. The number of hydrogen-bond donors (Lipinski definition) is 0. The first-order chi connectivity index (χ1) is 7.68. The lowest BCUT2D eigenvalue weighted by atomic mass is 9.92. The highest BCUT2D eigenvalue weighted by Crippen LogP contribution is 2.28. The van der Waals surface area contributed by atoms with Crippen molar-refractivity contribution < 1.29 is 4.79 Å². The molecule has 2 aliphatic rings. The highest BCUT2D eigenvalue weighted by Gasteiger charge is 2.28. The molecule has 0 aromatic heterocycles. The first-order valence-electron chi connectivity index (χ1n) is 6.12. The lowest BCUT2D eigenvalue weighted by Crippen LogP contribution is -2.42. The van der Waals surface area contributed by atoms with Crippen LogP contribution in [0.3, 0.4) is 0 Å². The van der Waals surface area contributed by atoms with Crippen molar-refractivity contribution in [2.45, 2.75) is 46.1 Å². The van der Waals surface area contributed by atoms with Crippen LogP contribution in [0.5, 0.6) is 0 Å². The van der Waals surface area contributed by atoms with E-state index in [2.05, 4.69) is 9.89 Å². The zero-order valence-corrected chi connectivity index (χ0v) is 10.8. The summed E-state index contributed by atoms with van der Waals surface area (Å²) in [4.78, 5) is 17.9. The van der Waals surface area contributed by atoms with Crippen molar-refractivity contribution in [3.8, 4) is 0 Å². The van der Waals surface area contributed by atoms with Gasteiger partial charge in [-0.05, 0) is 38.8 Å². The zero-order valence-electron chi connectivity index (χ0n) is 10.8. The Morgan fingerprint density at radius 1 is 1.50 bits per heavy atom. The summed E-state index contributed by atoms with van der Waals surface area (Å²) in [6, 6.07) is 0.0852. The molecule has 0 N–H and O–H groups in total. The molecule has 3 nitrogen and oxygen atoms in total. The molecule has 1 atom stereocenters. The molecule has 90 valence electrons. The molecule has 2 heterocycles. The molecule has 1 unspecified atom stereocenters. The number of ketones is 1. The topological polar surface area (TPSA) is 32.7 Å². The minimum atomic E-state index is 0.0852. The van der Waals surface area contributed by atoms with Gasteiger partial charge in [0.25, 0.3) is 0 Å². The van der Waals surface area contributed by atoms with Crippen LogP contribution in [0, 0.1) is 0 Å². The average molecular weight is 222 g/mol.